The number of allylic oxidation sites excluding steroid dienone is 1. The molecular formula is C27H27F2NO. The zero-order valence-electron chi connectivity index (χ0n) is 18.4. The first-order valence-electron chi connectivity index (χ1n) is 10.8. The third-order valence-electron chi connectivity index (χ3n) is 5.50. The van der Waals surface area contributed by atoms with E-state index in [0.717, 1.165) is 39.2 Å². The Hall–Kier alpha value is -3.01. The van der Waals surface area contributed by atoms with Crippen LogP contribution in [-0.4, -0.2) is 11.6 Å². The summed E-state index contributed by atoms with van der Waals surface area (Å²) < 4.78 is 33.5. The van der Waals surface area contributed by atoms with Gasteiger partial charge in [-0.1, -0.05) is 52.0 Å². The second kappa shape index (κ2) is 8.62. The van der Waals surface area contributed by atoms with Gasteiger partial charge in [-0.05, 0) is 52.8 Å². The fourth-order valence-corrected chi connectivity index (χ4v) is 4.04. The molecule has 31 heavy (non-hydrogen) atoms. The van der Waals surface area contributed by atoms with Gasteiger partial charge >= 0.3 is 0 Å². The molecule has 1 aromatic heterocycles. The third-order valence-corrected chi connectivity index (χ3v) is 5.50. The van der Waals surface area contributed by atoms with Crippen molar-refractivity contribution in [1.29, 1.82) is 0 Å². The maximum Gasteiger partial charge on any atom is 0.131 e. The Morgan fingerprint density at radius 3 is 2.35 bits per heavy atom. The van der Waals surface area contributed by atoms with Gasteiger partial charge in [-0.2, -0.15) is 0 Å². The van der Waals surface area contributed by atoms with Crippen molar-refractivity contribution >= 4 is 6.08 Å². The Kier molecular flexibility index (Phi) is 5.90. The summed E-state index contributed by atoms with van der Waals surface area (Å²) in [5, 5.41) is 0. The third kappa shape index (κ3) is 4.25. The topological polar surface area (TPSA) is 22.1 Å². The first-order chi connectivity index (χ1) is 14.8. The summed E-state index contributed by atoms with van der Waals surface area (Å²) in [6.07, 6.45) is 4.94. The highest BCUT2D eigenvalue weighted by atomic mass is 19.1. The molecule has 4 rings (SSSR count). The number of fused-ring (bicyclic) bond motifs is 3. The predicted molar refractivity (Wildman–Crippen MR) is 122 cm³/mol. The van der Waals surface area contributed by atoms with Gasteiger partial charge in [-0.15, -0.1) is 0 Å². The van der Waals surface area contributed by atoms with Gasteiger partial charge in [0.05, 0.1) is 18.0 Å². The van der Waals surface area contributed by atoms with Gasteiger partial charge in [0, 0.05) is 23.6 Å². The number of halogens is 2. The quantitative estimate of drug-likeness (QED) is 0.439. The minimum absolute atomic E-state index is 0.171. The molecule has 3 aromatic rings. The Bertz CT molecular complexity index is 1130. The van der Waals surface area contributed by atoms with Crippen molar-refractivity contribution in [3.8, 4) is 28.1 Å². The van der Waals surface area contributed by atoms with Crippen molar-refractivity contribution in [3.05, 3.63) is 77.0 Å². The molecule has 0 N–H and O–H groups in total. The highest BCUT2D eigenvalue weighted by Crippen LogP contribution is 2.43. The largest absolute Gasteiger partial charge is 0.492 e. The second-order valence-corrected chi connectivity index (χ2v) is 8.62. The highest BCUT2D eigenvalue weighted by molar-refractivity contribution is 5.86. The molecule has 0 amide bonds. The SMILES string of the molecule is CC(C)/C=C/c1c(C(C)C)nc2c(c1-c1ccc(F)cc1)CCOc1cc(F)ccc1-2. The van der Waals surface area contributed by atoms with Gasteiger partial charge in [0.15, 0.2) is 0 Å². The number of hydrogen-bond donors (Lipinski definition) is 0. The van der Waals surface area contributed by atoms with Gasteiger partial charge in [0.2, 0.25) is 0 Å². The van der Waals surface area contributed by atoms with Crippen LogP contribution < -0.4 is 4.74 Å². The average molecular weight is 420 g/mol. The summed E-state index contributed by atoms with van der Waals surface area (Å²) in [7, 11) is 0. The van der Waals surface area contributed by atoms with E-state index in [-0.39, 0.29) is 17.6 Å². The standard InChI is InChI=1S/C27H27F2NO/c1-16(2)5-11-22-25(18-6-8-19(28)9-7-18)23-13-14-31-24-15-20(29)10-12-21(24)27(23)30-26(22)17(3)4/h5-12,15-17H,13-14H2,1-4H3/b11-5+. The van der Waals surface area contributed by atoms with Gasteiger partial charge in [0.1, 0.15) is 17.4 Å². The molecule has 2 nitrogen and oxygen atoms in total. The first-order valence-corrected chi connectivity index (χ1v) is 10.8. The zero-order valence-corrected chi connectivity index (χ0v) is 18.4. The molecule has 0 saturated carbocycles. The van der Waals surface area contributed by atoms with Crippen molar-refractivity contribution in [3.63, 3.8) is 0 Å². The summed E-state index contributed by atoms with van der Waals surface area (Å²) in [6.45, 7) is 8.94. The van der Waals surface area contributed by atoms with E-state index in [0.29, 0.717) is 24.7 Å². The molecule has 0 spiro atoms. The molecule has 0 fully saturated rings. The van der Waals surface area contributed by atoms with Crippen LogP contribution in [0.1, 0.15) is 50.4 Å². The number of benzene rings is 2. The maximum absolute atomic E-state index is 13.9. The van der Waals surface area contributed by atoms with E-state index in [1.807, 2.05) is 12.1 Å². The van der Waals surface area contributed by atoms with Gasteiger partial charge < -0.3 is 4.74 Å². The van der Waals surface area contributed by atoms with E-state index >= 15 is 0 Å². The maximum atomic E-state index is 13.9. The lowest BCUT2D eigenvalue weighted by molar-refractivity contribution is 0.325. The minimum Gasteiger partial charge on any atom is -0.492 e. The van der Waals surface area contributed by atoms with E-state index in [1.54, 1.807) is 6.07 Å². The number of ether oxygens (including phenoxy) is 1. The molecule has 0 radical (unpaired) electrons. The Morgan fingerprint density at radius 2 is 1.68 bits per heavy atom. The Morgan fingerprint density at radius 1 is 0.968 bits per heavy atom. The Balaban J connectivity index is 2.09. The van der Waals surface area contributed by atoms with E-state index in [9.17, 15) is 8.78 Å². The van der Waals surface area contributed by atoms with Crippen molar-refractivity contribution in [2.75, 3.05) is 6.61 Å². The lowest BCUT2D eigenvalue weighted by atomic mass is 9.86. The van der Waals surface area contributed by atoms with Crippen LogP contribution in [0.15, 0.2) is 48.5 Å². The zero-order chi connectivity index (χ0) is 22.1. The summed E-state index contributed by atoms with van der Waals surface area (Å²) >= 11 is 0. The van der Waals surface area contributed by atoms with Crippen LogP contribution in [0.2, 0.25) is 0 Å². The fourth-order valence-electron chi connectivity index (χ4n) is 4.04. The smallest absolute Gasteiger partial charge is 0.131 e. The molecule has 160 valence electrons. The van der Waals surface area contributed by atoms with Crippen LogP contribution in [0.25, 0.3) is 28.5 Å². The second-order valence-electron chi connectivity index (χ2n) is 8.62. The van der Waals surface area contributed by atoms with Crippen molar-refractivity contribution in [2.24, 2.45) is 5.92 Å². The lowest BCUT2D eigenvalue weighted by Crippen LogP contribution is -2.08. The van der Waals surface area contributed by atoms with Crippen molar-refractivity contribution in [1.82, 2.24) is 4.98 Å². The van der Waals surface area contributed by atoms with Crippen LogP contribution in [0.3, 0.4) is 0 Å². The molecule has 0 bridgehead atoms. The lowest BCUT2D eigenvalue weighted by Gasteiger charge is -2.21. The Labute approximate surface area is 182 Å². The summed E-state index contributed by atoms with van der Waals surface area (Å²) in [5.74, 6) is 0.464. The van der Waals surface area contributed by atoms with Gasteiger partial charge in [0.25, 0.3) is 0 Å². The molecular weight excluding hydrogens is 392 g/mol. The number of pyridine rings is 1. The van der Waals surface area contributed by atoms with E-state index in [2.05, 4.69) is 39.8 Å². The highest BCUT2D eigenvalue weighted by Gasteiger charge is 2.26. The summed E-state index contributed by atoms with van der Waals surface area (Å²) in [6, 6.07) is 11.2. The van der Waals surface area contributed by atoms with Crippen LogP contribution in [0.5, 0.6) is 5.75 Å². The molecule has 4 heteroatoms. The van der Waals surface area contributed by atoms with E-state index in [4.69, 9.17) is 9.72 Å². The van der Waals surface area contributed by atoms with E-state index < -0.39 is 0 Å². The molecule has 0 unspecified atom stereocenters. The molecule has 0 aliphatic carbocycles. The van der Waals surface area contributed by atoms with Crippen molar-refractivity contribution in [2.45, 2.75) is 40.0 Å². The molecule has 0 atom stereocenters. The van der Waals surface area contributed by atoms with E-state index in [1.165, 1.54) is 24.3 Å². The van der Waals surface area contributed by atoms with Gasteiger partial charge in [-0.3, -0.25) is 4.98 Å². The van der Waals surface area contributed by atoms with Crippen molar-refractivity contribution < 1.29 is 13.5 Å². The molecule has 2 aromatic carbocycles. The van der Waals surface area contributed by atoms with Crippen LogP contribution >= 0.6 is 0 Å². The molecule has 2 heterocycles. The predicted octanol–water partition coefficient (Wildman–Crippen LogP) is 7.42. The summed E-state index contributed by atoms with van der Waals surface area (Å²) in [5.41, 5.74) is 6.66. The number of hydrogen-bond acceptors (Lipinski definition) is 2. The first kappa shape index (κ1) is 21.2. The minimum atomic E-state index is -0.332. The van der Waals surface area contributed by atoms with Gasteiger partial charge in [-0.25, -0.2) is 8.78 Å². The number of nitrogens with zero attached hydrogens (tertiary/aromatic N) is 1. The number of rotatable bonds is 4. The molecule has 0 saturated heterocycles. The molecule has 1 aliphatic rings. The normalized spacial score (nSPS) is 13.3. The van der Waals surface area contributed by atoms with Crippen LogP contribution in [-0.2, 0) is 6.42 Å². The summed E-state index contributed by atoms with van der Waals surface area (Å²) in [4.78, 5) is 5.10. The monoisotopic (exact) mass is 419 g/mol. The average Bonchev–Trinajstić information content (AvgIpc) is 2.90. The molecule has 1 aliphatic heterocycles. The fraction of sp³-hybridized carbons (Fsp3) is 0.296. The van der Waals surface area contributed by atoms with Crippen LogP contribution in [0, 0.1) is 17.6 Å². The number of aromatic nitrogens is 1. The van der Waals surface area contributed by atoms with Crippen LogP contribution in [0.4, 0.5) is 8.78 Å².